The molecule has 0 amide bonds. The first-order chi connectivity index (χ1) is 15.0. The predicted molar refractivity (Wildman–Crippen MR) is 112 cm³/mol. The van der Waals surface area contributed by atoms with E-state index in [2.05, 4.69) is 15.0 Å². The van der Waals surface area contributed by atoms with Crippen LogP contribution >= 0.6 is 22.9 Å². The highest BCUT2D eigenvalue weighted by Gasteiger charge is 2.48. The highest BCUT2D eigenvalue weighted by Crippen LogP contribution is 2.30. The van der Waals surface area contributed by atoms with E-state index >= 15 is 0 Å². The molecule has 0 bridgehead atoms. The fourth-order valence-corrected chi connectivity index (χ4v) is 4.93. The number of thiophene rings is 1. The third-order valence-corrected chi connectivity index (χ3v) is 6.73. The molecular weight excluding hydrogens is 446 g/mol. The van der Waals surface area contributed by atoms with Gasteiger partial charge in [-0.25, -0.2) is 9.78 Å². The summed E-state index contributed by atoms with van der Waals surface area (Å²) in [6.45, 7) is 0.554. The number of hydrogen-bond acceptors (Lipinski definition) is 9. The number of aliphatic hydroxyl groups is 1. The third kappa shape index (κ3) is 4.01. The van der Waals surface area contributed by atoms with Crippen LogP contribution in [0.1, 0.15) is 20.9 Å². The first-order valence-electron chi connectivity index (χ1n) is 9.80. The fraction of sp³-hybridized carbons (Fsp3) is 0.450. The summed E-state index contributed by atoms with van der Waals surface area (Å²) in [7, 11) is 1.36. The number of nitrogens with zero attached hydrogens (tertiary/aromatic N) is 2. The molecule has 9 nitrogen and oxygen atoms in total. The normalized spacial score (nSPS) is 25.1. The lowest BCUT2D eigenvalue weighted by Crippen LogP contribution is -2.34. The average molecular weight is 466 g/mol. The average Bonchev–Trinajstić information content (AvgIpc) is 3.52. The Morgan fingerprint density at radius 3 is 2.97 bits per heavy atom. The van der Waals surface area contributed by atoms with E-state index in [0.29, 0.717) is 52.9 Å². The SMILES string of the molecule is COC(=O)c1csc(CCc2nc3nc(O[C@@H]4CO[C@H]5[C@@H]4OC[C@H]5O)[nH]c3cc2Cl)c1. The molecule has 0 radical (unpaired) electrons. The number of hydrogen-bond donors (Lipinski definition) is 2. The maximum absolute atomic E-state index is 11.6. The molecule has 5 rings (SSSR count). The Morgan fingerprint density at radius 2 is 2.13 bits per heavy atom. The number of carbonyl (C=O) groups is 1. The highest BCUT2D eigenvalue weighted by molar-refractivity contribution is 7.10. The number of carbonyl (C=O) groups excluding carboxylic acids is 1. The Labute approximate surface area is 186 Å². The van der Waals surface area contributed by atoms with Gasteiger partial charge < -0.3 is 29.0 Å². The Balaban J connectivity index is 1.28. The molecule has 3 aromatic heterocycles. The van der Waals surface area contributed by atoms with E-state index in [9.17, 15) is 9.90 Å². The van der Waals surface area contributed by atoms with Crippen LogP contribution in [0.15, 0.2) is 17.5 Å². The Bertz CT molecular complexity index is 1120. The highest BCUT2D eigenvalue weighted by atomic mass is 35.5. The summed E-state index contributed by atoms with van der Waals surface area (Å²) in [4.78, 5) is 24.7. The maximum Gasteiger partial charge on any atom is 0.338 e. The minimum absolute atomic E-state index is 0.237. The zero-order valence-electron chi connectivity index (χ0n) is 16.5. The quantitative estimate of drug-likeness (QED) is 0.532. The summed E-state index contributed by atoms with van der Waals surface area (Å²) in [5.74, 6) is -0.347. The van der Waals surface area contributed by atoms with Crippen LogP contribution in [0.2, 0.25) is 5.02 Å². The van der Waals surface area contributed by atoms with Gasteiger partial charge in [-0.3, -0.25) is 0 Å². The van der Waals surface area contributed by atoms with Crippen molar-refractivity contribution in [2.45, 2.75) is 37.3 Å². The molecule has 5 heterocycles. The van der Waals surface area contributed by atoms with Crippen molar-refractivity contribution in [2.24, 2.45) is 0 Å². The van der Waals surface area contributed by atoms with Gasteiger partial charge in [0.2, 0.25) is 0 Å². The zero-order valence-corrected chi connectivity index (χ0v) is 18.1. The first kappa shape index (κ1) is 20.7. The van der Waals surface area contributed by atoms with E-state index < -0.39 is 6.10 Å². The van der Waals surface area contributed by atoms with Crippen LogP contribution in [0.25, 0.3) is 11.2 Å². The number of ether oxygens (including phenoxy) is 4. The lowest BCUT2D eigenvalue weighted by molar-refractivity contribution is 0.00706. The van der Waals surface area contributed by atoms with Crippen LogP contribution in [-0.2, 0) is 27.1 Å². The van der Waals surface area contributed by atoms with Gasteiger partial charge >= 0.3 is 5.97 Å². The lowest BCUT2D eigenvalue weighted by Gasteiger charge is -2.15. The van der Waals surface area contributed by atoms with Gasteiger partial charge in [0.1, 0.15) is 18.3 Å². The van der Waals surface area contributed by atoms with E-state index in [4.69, 9.17) is 30.5 Å². The van der Waals surface area contributed by atoms with E-state index in [1.807, 2.05) is 6.07 Å². The minimum atomic E-state index is -0.635. The molecular formula is C20H20ClN3O6S. The number of H-pyrrole nitrogens is 1. The predicted octanol–water partition coefficient (Wildman–Crippen LogP) is 2.15. The van der Waals surface area contributed by atoms with Crippen LogP contribution in [-0.4, -0.2) is 70.8 Å². The third-order valence-electron chi connectivity index (χ3n) is 5.41. The van der Waals surface area contributed by atoms with Crippen molar-refractivity contribution in [3.63, 3.8) is 0 Å². The van der Waals surface area contributed by atoms with Crippen molar-refractivity contribution in [3.8, 4) is 6.01 Å². The molecule has 2 fully saturated rings. The molecule has 0 saturated carbocycles. The van der Waals surface area contributed by atoms with Gasteiger partial charge in [-0.05, 0) is 25.0 Å². The summed E-state index contributed by atoms with van der Waals surface area (Å²) in [6.07, 6.45) is -0.396. The summed E-state index contributed by atoms with van der Waals surface area (Å²) in [5, 5.41) is 12.2. The Morgan fingerprint density at radius 1 is 1.29 bits per heavy atom. The van der Waals surface area contributed by atoms with Gasteiger partial charge in [0.15, 0.2) is 11.8 Å². The standard InChI is InChI=1S/C20H20ClN3O6S/c1-27-19(26)9-4-10(31-8-9)2-3-12-11(21)5-13-18(22-12)24-20(23-13)30-15-7-29-16-14(25)6-28-17(15)16/h4-5,8,14-17,25H,2-3,6-7H2,1H3,(H,22,23,24)/t14-,15-,16-,17-/m1/s1. The van der Waals surface area contributed by atoms with E-state index in [1.165, 1.54) is 18.4 Å². The maximum atomic E-state index is 11.6. The van der Waals surface area contributed by atoms with Gasteiger partial charge in [0, 0.05) is 10.3 Å². The van der Waals surface area contributed by atoms with Crippen LogP contribution in [0.3, 0.4) is 0 Å². The second kappa shape index (κ2) is 8.36. The summed E-state index contributed by atoms with van der Waals surface area (Å²) in [5.41, 5.74) is 2.42. The summed E-state index contributed by atoms with van der Waals surface area (Å²) in [6, 6.07) is 3.90. The molecule has 164 valence electrons. The molecule has 0 spiro atoms. The Kier molecular flexibility index (Phi) is 5.57. The van der Waals surface area contributed by atoms with Crippen molar-refractivity contribution in [2.75, 3.05) is 20.3 Å². The fourth-order valence-electron chi connectivity index (χ4n) is 3.83. The van der Waals surface area contributed by atoms with Crippen LogP contribution < -0.4 is 4.74 Å². The number of imidazole rings is 1. The number of pyridine rings is 1. The molecule has 2 N–H and O–H groups in total. The number of aliphatic hydroxyl groups excluding tert-OH is 1. The van der Waals surface area contributed by atoms with Crippen molar-refractivity contribution >= 4 is 40.1 Å². The molecule has 2 aliphatic rings. The van der Waals surface area contributed by atoms with Crippen LogP contribution in [0.5, 0.6) is 6.01 Å². The summed E-state index contributed by atoms with van der Waals surface area (Å²) >= 11 is 7.92. The van der Waals surface area contributed by atoms with Crippen molar-refractivity contribution in [3.05, 3.63) is 38.7 Å². The Hall–Kier alpha value is -2.24. The number of fused-ring (bicyclic) bond motifs is 2. The number of methoxy groups -OCH3 is 1. The largest absolute Gasteiger partial charge is 0.465 e. The van der Waals surface area contributed by atoms with Gasteiger partial charge in [-0.2, -0.15) is 4.98 Å². The molecule has 0 aliphatic carbocycles. The molecule has 0 unspecified atom stereocenters. The van der Waals surface area contributed by atoms with Gasteiger partial charge in [-0.1, -0.05) is 11.6 Å². The molecule has 31 heavy (non-hydrogen) atoms. The topological polar surface area (TPSA) is 116 Å². The molecule has 4 atom stereocenters. The minimum Gasteiger partial charge on any atom is -0.465 e. The van der Waals surface area contributed by atoms with Crippen LogP contribution in [0.4, 0.5) is 0 Å². The molecule has 2 aliphatic heterocycles. The lowest BCUT2D eigenvalue weighted by atomic mass is 10.1. The van der Waals surface area contributed by atoms with Gasteiger partial charge in [0.25, 0.3) is 6.01 Å². The van der Waals surface area contributed by atoms with Gasteiger partial charge in [0.05, 0.1) is 42.1 Å². The van der Waals surface area contributed by atoms with Crippen molar-refractivity contribution < 1.29 is 28.8 Å². The molecule has 3 aromatic rings. The monoisotopic (exact) mass is 465 g/mol. The number of aromatic nitrogens is 3. The zero-order chi connectivity index (χ0) is 21.5. The number of aromatic amines is 1. The van der Waals surface area contributed by atoms with E-state index in [0.717, 1.165) is 4.88 Å². The smallest absolute Gasteiger partial charge is 0.338 e. The van der Waals surface area contributed by atoms with E-state index in [1.54, 1.807) is 11.4 Å². The molecule has 11 heteroatoms. The first-order valence-corrected chi connectivity index (χ1v) is 11.1. The number of halogens is 1. The number of aryl methyl sites for hydroxylation is 2. The second-order valence-electron chi connectivity index (χ2n) is 7.44. The van der Waals surface area contributed by atoms with Crippen molar-refractivity contribution in [1.82, 2.24) is 15.0 Å². The second-order valence-corrected chi connectivity index (χ2v) is 8.85. The van der Waals surface area contributed by atoms with Crippen LogP contribution in [0, 0.1) is 0 Å². The number of esters is 1. The van der Waals surface area contributed by atoms with Gasteiger partial charge in [-0.15, -0.1) is 11.3 Å². The number of rotatable bonds is 6. The number of nitrogens with one attached hydrogen (secondary N) is 1. The molecule has 0 aromatic carbocycles. The van der Waals surface area contributed by atoms with Crippen molar-refractivity contribution in [1.29, 1.82) is 0 Å². The molecule has 2 saturated heterocycles. The van der Waals surface area contributed by atoms with E-state index in [-0.39, 0.29) is 30.9 Å². The summed E-state index contributed by atoms with van der Waals surface area (Å²) < 4.78 is 21.8.